The summed E-state index contributed by atoms with van der Waals surface area (Å²) in [5.41, 5.74) is 3.02. The first-order valence-electron chi connectivity index (χ1n) is 8.88. The second-order valence-electron chi connectivity index (χ2n) is 6.14. The van der Waals surface area contributed by atoms with Crippen LogP contribution in [-0.2, 0) is 4.79 Å². The van der Waals surface area contributed by atoms with Crippen molar-refractivity contribution in [2.75, 3.05) is 21.3 Å². The number of benzene rings is 2. The van der Waals surface area contributed by atoms with E-state index in [1.165, 1.54) is 11.6 Å². The predicted octanol–water partition coefficient (Wildman–Crippen LogP) is 4.30. The summed E-state index contributed by atoms with van der Waals surface area (Å²) in [5, 5.41) is 3.04. The van der Waals surface area contributed by atoms with Gasteiger partial charge in [0.25, 0.3) is 0 Å². The van der Waals surface area contributed by atoms with Crippen LogP contribution in [0.5, 0.6) is 17.2 Å². The zero-order valence-electron chi connectivity index (χ0n) is 16.5. The van der Waals surface area contributed by atoms with Crippen molar-refractivity contribution in [2.24, 2.45) is 0 Å². The van der Waals surface area contributed by atoms with Crippen LogP contribution in [0.3, 0.4) is 0 Å². The third-order valence-corrected chi connectivity index (χ3v) is 4.35. The lowest BCUT2D eigenvalue weighted by atomic mass is 10.0. The molecule has 0 bridgehead atoms. The third-order valence-electron chi connectivity index (χ3n) is 4.35. The second-order valence-corrected chi connectivity index (χ2v) is 6.14. The van der Waals surface area contributed by atoms with Crippen molar-refractivity contribution in [2.45, 2.75) is 26.3 Å². The number of carbonyl (C=O) groups is 1. The maximum atomic E-state index is 12.4. The molecule has 0 aliphatic heterocycles. The fraction of sp³-hybridized carbons (Fsp3) is 0.318. The molecule has 5 heteroatoms. The van der Waals surface area contributed by atoms with Gasteiger partial charge in [0.05, 0.1) is 27.4 Å². The molecule has 2 aromatic rings. The maximum absolute atomic E-state index is 12.4. The van der Waals surface area contributed by atoms with Crippen molar-refractivity contribution in [3.8, 4) is 17.2 Å². The van der Waals surface area contributed by atoms with E-state index in [1.807, 2.05) is 32.0 Å². The number of amides is 1. The summed E-state index contributed by atoms with van der Waals surface area (Å²) in [6, 6.07) is 11.8. The molecule has 2 aromatic carbocycles. The summed E-state index contributed by atoms with van der Waals surface area (Å²) >= 11 is 0. The Morgan fingerprint density at radius 1 is 1.00 bits per heavy atom. The van der Waals surface area contributed by atoms with E-state index in [4.69, 9.17) is 14.2 Å². The molecule has 1 atom stereocenters. The molecule has 0 aliphatic rings. The molecular weight excluding hydrogens is 342 g/mol. The molecule has 0 saturated heterocycles. The van der Waals surface area contributed by atoms with Crippen LogP contribution in [0.4, 0.5) is 0 Å². The Morgan fingerprint density at radius 3 is 2.22 bits per heavy atom. The highest BCUT2D eigenvalue weighted by molar-refractivity contribution is 5.92. The van der Waals surface area contributed by atoms with Crippen molar-refractivity contribution in [3.05, 3.63) is 59.2 Å². The molecule has 0 aliphatic carbocycles. The highest BCUT2D eigenvalue weighted by Gasteiger charge is 2.15. The summed E-state index contributed by atoms with van der Waals surface area (Å²) in [6.07, 6.45) is 4.01. The lowest BCUT2D eigenvalue weighted by Crippen LogP contribution is -2.26. The standard InChI is InChI=1S/C22H27NO4/c1-6-18(16-9-7-15(2)8-10-16)23-20(24)14-12-17-11-13-19(25-3)22(27-5)21(17)26-4/h7-14,18H,6H2,1-5H3,(H,23,24)/b14-12+. The summed E-state index contributed by atoms with van der Waals surface area (Å²) in [4.78, 5) is 12.4. The van der Waals surface area contributed by atoms with Gasteiger partial charge in [-0.15, -0.1) is 0 Å². The van der Waals surface area contributed by atoms with Gasteiger partial charge in [-0.1, -0.05) is 36.8 Å². The van der Waals surface area contributed by atoms with Crippen LogP contribution >= 0.6 is 0 Å². The molecule has 1 N–H and O–H groups in total. The van der Waals surface area contributed by atoms with Gasteiger partial charge in [-0.25, -0.2) is 0 Å². The van der Waals surface area contributed by atoms with E-state index in [2.05, 4.69) is 17.4 Å². The quantitative estimate of drug-likeness (QED) is 0.705. The maximum Gasteiger partial charge on any atom is 0.244 e. The lowest BCUT2D eigenvalue weighted by molar-refractivity contribution is -0.117. The number of carbonyl (C=O) groups excluding carboxylic acids is 1. The van der Waals surface area contributed by atoms with Crippen LogP contribution in [0.15, 0.2) is 42.5 Å². The minimum absolute atomic E-state index is 0.0324. The van der Waals surface area contributed by atoms with E-state index >= 15 is 0 Å². The van der Waals surface area contributed by atoms with Gasteiger partial charge in [-0.05, 0) is 37.1 Å². The molecule has 5 nitrogen and oxygen atoms in total. The molecule has 1 unspecified atom stereocenters. The molecule has 0 fully saturated rings. The van der Waals surface area contributed by atoms with E-state index < -0.39 is 0 Å². The topological polar surface area (TPSA) is 56.8 Å². The number of ether oxygens (including phenoxy) is 3. The number of methoxy groups -OCH3 is 3. The molecular formula is C22H27NO4. The minimum Gasteiger partial charge on any atom is -0.493 e. The number of aryl methyl sites for hydroxylation is 1. The third kappa shape index (κ3) is 5.03. The fourth-order valence-electron chi connectivity index (χ4n) is 2.86. The van der Waals surface area contributed by atoms with Crippen LogP contribution in [0.1, 0.15) is 36.1 Å². The van der Waals surface area contributed by atoms with E-state index in [0.717, 1.165) is 17.5 Å². The largest absolute Gasteiger partial charge is 0.493 e. The Balaban J connectivity index is 2.17. The van der Waals surface area contributed by atoms with Crippen molar-refractivity contribution in [1.82, 2.24) is 5.32 Å². The smallest absolute Gasteiger partial charge is 0.244 e. The van der Waals surface area contributed by atoms with Gasteiger partial charge in [0.15, 0.2) is 11.5 Å². The number of nitrogens with one attached hydrogen (secondary N) is 1. The van der Waals surface area contributed by atoms with Gasteiger partial charge >= 0.3 is 0 Å². The van der Waals surface area contributed by atoms with Crippen molar-refractivity contribution in [1.29, 1.82) is 0 Å². The van der Waals surface area contributed by atoms with Crippen molar-refractivity contribution >= 4 is 12.0 Å². The highest BCUT2D eigenvalue weighted by atomic mass is 16.5. The molecule has 0 radical (unpaired) electrons. The van der Waals surface area contributed by atoms with Crippen LogP contribution in [0.2, 0.25) is 0 Å². The van der Waals surface area contributed by atoms with Crippen LogP contribution in [0, 0.1) is 6.92 Å². The molecule has 0 spiro atoms. The van der Waals surface area contributed by atoms with Gasteiger partial charge in [0.1, 0.15) is 0 Å². The Labute approximate surface area is 161 Å². The van der Waals surface area contributed by atoms with E-state index in [-0.39, 0.29) is 11.9 Å². The van der Waals surface area contributed by atoms with Crippen molar-refractivity contribution in [3.63, 3.8) is 0 Å². The Hall–Kier alpha value is -2.95. The van der Waals surface area contributed by atoms with Crippen LogP contribution in [-0.4, -0.2) is 27.2 Å². The van der Waals surface area contributed by atoms with E-state index in [0.29, 0.717) is 17.2 Å². The molecule has 2 rings (SSSR count). The first-order valence-corrected chi connectivity index (χ1v) is 8.88. The summed E-state index contributed by atoms with van der Waals surface area (Å²) < 4.78 is 16.1. The average molecular weight is 369 g/mol. The molecule has 144 valence electrons. The molecule has 0 saturated carbocycles. The van der Waals surface area contributed by atoms with Gasteiger partial charge in [0, 0.05) is 11.6 Å². The van der Waals surface area contributed by atoms with Gasteiger partial charge in [0.2, 0.25) is 11.7 Å². The number of hydrogen-bond donors (Lipinski definition) is 1. The summed E-state index contributed by atoms with van der Waals surface area (Å²) in [7, 11) is 4.67. The van der Waals surface area contributed by atoms with Crippen LogP contribution < -0.4 is 19.5 Å². The first kappa shape index (κ1) is 20.4. The Kier molecular flexibility index (Phi) is 7.29. The molecule has 27 heavy (non-hydrogen) atoms. The summed E-state index contributed by atoms with van der Waals surface area (Å²) in [6.45, 7) is 4.09. The normalized spacial score (nSPS) is 11.9. The van der Waals surface area contributed by atoms with Crippen molar-refractivity contribution < 1.29 is 19.0 Å². The molecule has 0 heterocycles. The first-order chi connectivity index (χ1) is 13.0. The summed E-state index contributed by atoms with van der Waals surface area (Å²) in [5.74, 6) is 1.42. The Morgan fingerprint density at radius 2 is 1.67 bits per heavy atom. The lowest BCUT2D eigenvalue weighted by Gasteiger charge is -2.17. The van der Waals surface area contributed by atoms with Gasteiger partial charge in [-0.3, -0.25) is 4.79 Å². The zero-order chi connectivity index (χ0) is 19.8. The van der Waals surface area contributed by atoms with Gasteiger partial charge < -0.3 is 19.5 Å². The SMILES string of the molecule is CCC(NC(=O)/C=C/c1ccc(OC)c(OC)c1OC)c1ccc(C)cc1. The average Bonchev–Trinajstić information content (AvgIpc) is 2.70. The number of hydrogen-bond acceptors (Lipinski definition) is 4. The zero-order valence-corrected chi connectivity index (χ0v) is 16.5. The highest BCUT2D eigenvalue weighted by Crippen LogP contribution is 2.40. The molecule has 0 aromatic heterocycles. The predicted molar refractivity (Wildman–Crippen MR) is 107 cm³/mol. The fourth-order valence-corrected chi connectivity index (χ4v) is 2.86. The number of rotatable bonds is 8. The monoisotopic (exact) mass is 369 g/mol. The minimum atomic E-state index is -0.167. The second kappa shape index (κ2) is 9.67. The Bertz CT molecular complexity index is 797. The van der Waals surface area contributed by atoms with Crippen LogP contribution in [0.25, 0.3) is 6.08 Å². The van der Waals surface area contributed by atoms with E-state index in [9.17, 15) is 4.79 Å². The van der Waals surface area contributed by atoms with E-state index in [1.54, 1.807) is 33.5 Å². The van der Waals surface area contributed by atoms with Gasteiger partial charge in [-0.2, -0.15) is 0 Å². The molecule has 1 amide bonds.